The molecule has 0 aliphatic carbocycles. The SMILES string of the molecule is CCn1nc(-c2ccc(Cl)c(F)c2)nc1CC(=O)C[C@@H]1CCOc2ccc(Cl)cc21. The van der Waals surface area contributed by atoms with Gasteiger partial charge in [0, 0.05) is 23.6 Å². The third-order valence-electron chi connectivity index (χ3n) is 5.19. The average Bonchev–Trinajstić information content (AvgIpc) is 3.13. The Morgan fingerprint density at radius 1 is 1.27 bits per heavy atom. The zero-order valence-electron chi connectivity index (χ0n) is 16.4. The van der Waals surface area contributed by atoms with Gasteiger partial charge in [0.15, 0.2) is 5.82 Å². The Bertz CT molecular complexity index is 1100. The van der Waals surface area contributed by atoms with Crippen molar-refractivity contribution < 1.29 is 13.9 Å². The molecule has 1 atom stereocenters. The zero-order valence-corrected chi connectivity index (χ0v) is 17.9. The summed E-state index contributed by atoms with van der Waals surface area (Å²) >= 11 is 11.9. The first kappa shape index (κ1) is 20.8. The molecule has 0 amide bonds. The van der Waals surface area contributed by atoms with Crippen molar-refractivity contribution in [1.82, 2.24) is 14.8 Å². The van der Waals surface area contributed by atoms with Gasteiger partial charge in [-0.2, -0.15) is 5.10 Å². The number of fused-ring (bicyclic) bond motifs is 1. The standard InChI is InChI=1S/C22H20Cl2FN3O2/c1-2-28-21(26-22(27-28)14-3-5-18(24)19(25)10-14)12-16(29)9-13-7-8-30-20-6-4-15(23)11-17(13)20/h3-6,10-11,13H,2,7-9,12H2,1H3/t13-/m0/s1. The van der Waals surface area contributed by atoms with Crippen molar-refractivity contribution in [2.75, 3.05) is 6.61 Å². The maximum Gasteiger partial charge on any atom is 0.181 e. The Morgan fingerprint density at radius 2 is 2.10 bits per heavy atom. The van der Waals surface area contributed by atoms with Crippen LogP contribution in [0.25, 0.3) is 11.4 Å². The molecule has 0 saturated heterocycles. The van der Waals surface area contributed by atoms with Crippen LogP contribution in [-0.2, 0) is 17.8 Å². The summed E-state index contributed by atoms with van der Waals surface area (Å²) in [6, 6.07) is 9.93. The smallest absolute Gasteiger partial charge is 0.181 e. The van der Waals surface area contributed by atoms with Crippen molar-refractivity contribution in [2.24, 2.45) is 0 Å². The van der Waals surface area contributed by atoms with Crippen molar-refractivity contribution in [3.63, 3.8) is 0 Å². The van der Waals surface area contributed by atoms with Crippen LogP contribution in [-0.4, -0.2) is 27.2 Å². The van der Waals surface area contributed by atoms with Gasteiger partial charge >= 0.3 is 0 Å². The lowest BCUT2D eigenvalue weighted by Crippen LogP contribution is -2.19. The molecule has 0 spiro atoms. The van der Waals surface area contributed by atoms with Gasteiger partial charge in [-0.15, -0.1) is 0 Å². The van der Waals surface area contributed by atoms with Crippen LogP contribution in [0.2, 0.25) is 10.0 Å². The first-order valence-electron chi connectivity index (χ1n) is 9.77. The molecule has 0 N–H and O–H groups in total. The van der Waals surface area contributed by atoms with Crippen LogP contribution in [0.15, 0.2) is 36.4 Å². The summed E-state index contributed by atoms with van der Waals surface area (Å²) in [6.45, 7) is 3.05. The molecule has 0 saturated carbocycles. The summed E-state index contributed by atoms with van der Waals surface area (Å²) < 4.78 is 21.2. The fraction of sp³-hybridized carbons (Fsp3) is 0.318. The van der Waals surface area contributed by atoms with E-state index in [0.29, 0.717) is 41.8 Å². The number of ketones is 1. The van der Waals surface area contributed by atoms with Crippen LogP contribution in [0.3, 0.4) is 0 Å². The maximum atomic E-state index is 13.8. The van der Waals surface area contributed by atoms with E-state index >= 15 is 0 Å². The molecule has 0 bridgehead atoms. The number of carbonyl (C=O) groups excluding carboxylic acids is 1. The minimum Gasteiger partial charge on any atom is -0.493 e. The summed E-state index contributed by atoms with van der Waals surface area (Å²) in [5.41, 5.74) is 1.49. The molecule has 4 rings (SSSR count). The molecule has 2 heterocycles. The first-order valence-corrected chi connectivity index (χ1v) is 10.5. The zero-order chi connectivity index (χ0) is 21.3. The fourth-order valence-corrected chi connectivity index (χ4v) is 3.99. The maximum absolute atomic E-state index is 13.8. The molecule has 30 heavy (non-hydrogen) atoms. The van der Waals surface area contributed by atoms with Crippen LogP contribution >= 0.6 is 23.2 Å². The van der Waals surface area contributed by atoms with E-state index in [4.69, 9.17) is 27.9 Å². The van der Waals surface area contributed by atoms with E-state index in [1.54, 1.807) is 16.8 Å². The third kappa shape index (κ3) is 4.35. The van der Waals surface area contributed by atoms with Crippen LogP contribution in [0.4, 0.5) is 4.39 Å². The molecular formula is C22H20Cl2FN3O2. The van der Waals surface area contributed by atoms with Gasteiger partial charge < -0.3 is 4.74 Å². The topological polar surface area (TPSA) is 57.0 Å². The number of aromatic nitrogens is 3. The van der Waals surface area contributed by atoms with Crippen molar-refractivity contribution in [1.29, 1.82) is 0 Å². The molecule has 1 aliphatic rings. The molecule has 3 aromatic rings. The van der Waals surface area contributed by atoms with Gasteiger partial charge in [-0.1, -0.05) is 23.2 Å². The Balaban J connectivity index is 1.52. The molecule has 8 heteroatoms. The molecule has 0 unspecified atom stereocenters. The van der Waals surface area contributed by atoms with Crippen molar-refractivity contribution in [3.8, 4) is 17.1 Å². The highest BCUT2D eigenvalue weighted by Gasteiger charge is 2.25. The summed E-state index contributed by atoms with van der Waals surface area (Å²) in [4.78, 5) is 17.3. The summed E-state index contributed by atoms with van der Waals surface area (Å²) in [6.07, 6.45) is 1.29. The van der Waals surface area contributed by atoms with E-state index in [-0.39, 0.29) is 23.1 Å². The van der Waals surface area contributed by atoms with E-state index in [1.807, 2.05) is 19.1 Å². The largest absolute Gasteiger partial charge is 0.493 e. The predicted octanol–water partition coefficient (Wildman–Crippen LogP) is 5.48. The minimum atomic E-state index is -0.531. The van der Waals surface area contributed by atoms with Crippen LogP contribution < -0.4 is 4.74 Å². The predicted molar refractivity (Wildman–Crippen MR) is 114 cm³/mol. The number of hydrogen-bond donors (Lipinski definition) is 0. The lowest BCUT2D eigenvalue weighted by molar-refractivity contribution is -0.119. The van der Waals surface area contributed by atoms with Gasteiger partial charge in [0.1, 0.15) is 23.2 Å². The van der Waals surface area contributed by atoms with E-state index in [2.05, 4.69) is 10.1 Å². The average molecular weight is 448 g/mol. The van der Waals surface area contributed by atoms with Gasteiger partial charge in [0.2, 0.25) is 0 Å². The van der Waals surface area contributed by atoms with Crippen LogP contribution in [0.1, 0.15) is 37.1 Å². The Labute approximate surface area is 183 Å². The molecule has 0 radical (unpaired) electrons. The number of aryl methyl sites for hydroxylation is 1. The van der Waals surface area contributed by atoms with E-state index in [1.165, 1.54) is 12.1 Å². The number of rotatable bonds is 6. The second-order valence-corrected chi connectivity index (χ2v) is 8.08. The molecule has 0 fully saturated rings. The number of benzene rings is 2. The Morgan fingerprint density at radius 3 is 2.87 bits per heavy atom. The summed E-state index contributed by atoms with van der Waals surface area (Å²) in [5.74, 6) is 1.31. The number of ether oxygens (including phenoxy) is 1. The highest BCUT2D eigenvalue weighted by Crippen LogP contribution is 2.37. The van der Waals surface area contributed by atoms with E-state index in [9.17, 15) is 9.18 Å². The van der Waals surface area contributed by atoms with Gasteiger partial charge in [0.05, 0.1) is 18.1 Å². The van der Waals surface area contributed by atoms with Gasteiger partial charge in [0.25, 0.3) is 0 Å². The second kappa shape index (κ2) is 8.74. The first-order chi connectivity index (χ1) is 14.4. The molecular weight excluding hydrogens is 428 g/mol. The number of carbonyl (C=O) groups is 1. The van der Waals surface area contributed by atoms with Gasteiger partial charge in [-0.05, 0) is 61.2 Å². The van der Waals surface area contributed by atoms with Gasteiger partial charge in [-0.3, -0.25) is 4.79 Å². The minimum absolute atomic E-state index is 0.0425. The lowest BCUT2D eigenvalue weighted by Gasteiger charge is -2.25. The van der Waals surface area contributed by atoms with Crippen LogP contribution in [0.5, 0.6) is 5.75 Å². The molecule has 5 nitrogen and oxygen atoms in total. The summed E-state index contributed by atoms with van der Waals surface area (Å²) in [5, 5.41) is 5.09. The molecule has 156 valence electrons. The van der Waals surface area contributed by atoms with Crippen molar-refractivity contribution >= 4 is 29.0 Å². The highest BCUT2D eigenvalue weighted by atomic mass is 35.5. The third-order valence-corrected chi connectivity index (χ3v) is 5.73. The molecule has 1 aromatic heterocycles. The fourth-order valence-electron chi connectivity index (χ4n) is 3.69. The molecule has 1 aliphatic heterocycles. The number of hydrogen-bond acceptors (Lipinski definition) is 4. The Hall–Kier alpha value is -2.44. The Kier molecular flexibility index (Phi) is 6.06. The normalized spacial score (nSPS) is 15.5. The van der Waals surface area contributed by atoms with Crippen molar-refractivity contribution in [3.05, 3.63) is 63.6 Å². The van der Waals surface area contributed by atoms with Crippen LogP contribution in [0, 0.1) is 5.82 Å². The van der Waals surface area contributed by atoms with Crippen molar-refractivity contribution in [2.45, 2.75) is 38.6 Å². The second-order valence-electron chi connectivity index (χ2n) is 7.23. The molecule has 2 aromatic carbocycles. The van der Waals surface area contributed by atoms with E-state index < -0.39 is 5.82 Å². The van der Waals surface area contributed by atoms with Gasteiger partial charge in [-0.25, -0.2) is 14.1 Å². The van der Waals surface area contributed by atoms with E-state index in [0.717, 1.165) is 17.7 Å². The monoisotopic (exact) mass is 447 g/mol. The lowest BCUT2D eigenvalue weighted by atomic mass is 9.88. The quantitative estimate of drug-likeness (QED) is 0.501. The highest BCUT2D eigenvalue weighted by molar-refractivity contribution is 6.31. The number of Topliss-reactive ketones (excluding diaryl/α,β-unsaturated/α-hetero) is 1. The number of halogens is 3. The number of nitrogens with zero attached hydrogens (tertiary/aromatic N) is 3. The summed E-state index contributed by atoms with van der Waals surface area (Å²) in [7, 11) is 0.